The van der Waals surface area contributed by atoms with E-state index >= 15 is 0 Å². The molecular formula is C17H19N3O. The van der Waals surface area contributed by atoms with E-state index in [2.05, 4.69) is 24.3 Å². The van der Waals surface area contributed by atoms with Crippen molar-refractivity contribution in [2.24, 2.45) is 10.8 Å². The van der Waals surface area contributed by atoms with E-state index in [9.17, 15) is 4.79 Å². The Bertz CT molecular complexity index is 618. The van der Waals surface area contributed by atoms with E-state index in [-0.39, 0.29) is 5.91 Å². The molecule has 1 aliphatic heterocycles. The summed E-state index contributed by atoms with van der Waals surface area (Å²) in [6, 6.07) is 10.2. The first-order valence-electron chi connectivity index (χ1n) is 7.23. The van der Waals surface area contributed by atoms with E-state index < -0.39 is 5.54 Å². The molecule has 1 atom stereocenters. The molecule has 0 radical (unpaired) electrons. The molecular weight excluding hydrogens is 262 g/mol. The lowest BCUT2D eigenvalue weighted by Gasteiger charge is -2.38. The molecule has 4 nitrogen and oxygen atoms in total. The molecule has 1 amide bonds. The van der Waals surface area contributed by atoms with Gasteiger partial charge in [-0.25, -0.2) is 0 Å². The molecule has 0 aromatic heterocycles. The molecule has 2 N–H and O–H groups in total. The highest BCUT2D eigenvalue weighted by atomic mass is 16.1. The van der Waals surface area contributed by atoms with E-state index in [0.29, 0.717) is 6.42 Å². The first kappa shape index (κ1) is 13.6. The number of nitrogens with zero attached hydrogens (tertiary/aromatic N) is 2. The average molecular weight is 281 g/mol. The molecule has 0 bridgehead atoms. The zero-order valence-corrected chi connectivity index (χ0v) is 11.9. The molecule has 0 spiro atoms. The fraction of sp³-hybridized carbons (Fsp3) is 0.294. The third kappa shape index (κ3) is 2.75. The van der Waals surface area contributed by atoms with Gasteiger partial charge in [0.05, 0.1) is 17.7 Å². The highest BCUT2D eigenvalue weighted by Crippen LogP contribution is 2.32. The van der Waals surface area contributed by atoms with Crippen LogP contribution in [0.15, 0.2) is 59.7 Å². The molecule has 0 saturated carbocycles. The summed E-state index contributed by atoms with van der Waals surface area (Å²) in [4.78, 5) is 11.5. The van der Waals surface area contributed by atoms with Crippen LogP contribution in [-0.4, -0.2) is 28.7 Å². The minimum absolute atomic E-state index is 0.291. The fourth-order valence-electron chi connectivity index (χ4n) is 2.98. The van der Waals surface area contributed by atoms with Crippen LogP contribution in [0, 0.1) is 0 Å². The number of benzene rings is 1. The molecule has 1 aromatic rings. The molecule has 1 aromatic carbocycles. The standard InChI is InChI=1S/C17H19N3O/c18-16(21)13-17(10-5-2-6-11-17)20-12-9-15(19-20)14-7-3-1-4-8-14/h1-8,10H,9,11-13H2,(H2,18,21). The molecule has 2 aliphatic rings. The van der Waals surface area contributed by atoms with Gasteiger partial charge in [0.1, 0.15) is 0 Å². The highest BCUT2D eigenvalue weighted by molar-refractivity contribution is 6.01. The molecule has 3 rings (SSSR count). The van der Waals surface area contributed by atoms with Crippen molar-refractivity contribution in [3.05, 3.63) is 60.2 Å². The van der Waals surface area contributed by atoms with Crippen molar-refractivity contribution in [1.29, 1.82) is 0 Å². The topological polar surface area (TPSA) is 58.7 Å². The van der Waals surface area contributed by atoms with Crippen LogP contribution in [-0.2, 0) is 4.79 Å². The van der Waals surface area contributed by atoms with Gasteiger partial charge in [0.15, 0.2) is 0 Å². The Morgan fingerprint density at radius 2 is 2.10 bits per heavy atom. The largest absolute Gasteiger partial charge is 0.370 e. The molecule has 1 aliphatic carbocycles. The molecule has 1 heterocycles. The number of primary amides is 1. The maximum absolute atomic E-state index is 11.5. The Hall–Kier alpha value is -2.36. The summed E-state index contributed by atoms with van der Waals surface area (Å²) in [5.74, 6) is -0.293. The third-order valence-electron chi connectivity index (χ3n) is 4.03. The van der Waals surface area contributed by atoms with Gasteiger partial charge in [-0.15, -0.1) is 0 Å². The van der Waals surface area contributed by atoms with Crippen LogP contribution in [0.25, 0.3) is 0 Å². The van der Waals surface area contributed by atoms with Gasteiger partial charge < -0.3 is 5.73 Å². The highest BCUT2D eigenvalue weighted by Gasteiger charge is 2.37. The second-order valence-electron chi connectivity index (χ2n) is 5.52. The van der Waals surface area contributed by atoms with E-state index in [0.717, 1.165) is 30.7 Å². The first-order valence-corrected chi connectivity index (χ1v) is 7.23. The summed E-state index contributed by atoms with van der Waals surface area (Å²) in [6.45, 7) is 0.815. The van der Waals surface area contributed by atoms with Gasteiger partial charge >= 0.3 is 0 Å². The SMILES string of the molecule is NC(=O)CC1(N2CCC(c3ccccc3)=N2)C=CC=CC1. The number of rotatable bonds is 4. The quantitative estimate of drug-likeness (QED) is 0.920. The van der Waals surface area contributed by atoms with E-state index in [4.69, 9.17) is 10.8 Å². The molecule has 21 heavy (non-hydrogen) atoms. The van der Waals surface area contributed by atoms with E-state index in [1.165, 1.54) is 0 Å². The Labute approximate surface area is 124 Å². The minimum Gasteiger partial charge on any atom is -0.370 e. The van der Waals surface area contributed by atoms with Crippen LogP contribution in [0.4, 0.5) is 0 Å². The lowest BCUT2D eigenvalue weighted by molar-refractivity contribution is -0.120. The lowest BCUT2D eigenvalue weighted by atomic mass is 9.86. The number of carbonyl (C=O) groups excluding carboxylic acids is 1. The summed E-state index contributed by atoms with van der Waals surface area (Å²) < 4.78 is 0. The van der Waals surface area contributed by atoms with Crippen LogP contribution in [0.5, 0.6) is 0 Å². The van der Waals surface area contributed by atoms with Gasteiger partial charge in [-0.3, -0.25) is 9.80 Å². The number of carbonyl (C=O) groups is 1. The molecule has 0 fully saturated rings. The predicted molar refractivity (Wildman–Crippen MR) is 83.7 cm³/mol. The normalized spacial score (nSPS) is 24.2. The maximum Gasteiger partial charge on any atom is 0.220 e. The number of allylic oxidation sites excluding steroid dienone is 2. The van der Waals surface area contributed by atoms with Crippen molar-refractivity contribution >= 4 is 11.6 Å². The van der Waals surface area contributed by atoms with Crippen LogP contribution >= 0.6 is 0 Å². The number of nitrogens with two attached hydrogens (primary N) is 1. The predicted octanol–water partition coefficient (Wildman–Crippen LogP) is 2.23. The number of hydrogen-bond donors (Lipinski definition) is 1. The number of hydrogen-bond acceptors (Lipinski definition) is 3. The van der Waals surface area contributed by atoms with Crippen molar-refractivity contribution in [1.82, 2.24) is 5.01 Å². The minimum atomic E-state index is -0.406. The lowest BCUT2D eigenvalue weighted by Crippen LogP contribution is -2.46. The van der Waals surface area contributed by atoms with Crippen LogP contribution < -0.4 is 5.73 Å². The van der Waals surface area contributed by atoms with Crippen LogP contribution in [0.3, 0.4) is 0 Å². The Morgan fingerprint density at radius 1 is 1.29 bits per heavy atom. The molecule has 4 heteroatoms. The van der Waals surface area contributed by atoms with Crippen molar-refractivity contribution in [3.8, 4) is 0 Å². The van der Waals surface area contributed by atoms with Gasteiger partial charge in [-0.1, -0.05) is 54.6 Å². The van der Waals surface area contributed by atoms with Gasteiger partial charge in [0.25, 0.3) is 0 Å². The van der Waals surface area contributed by atoms with Gasteiger partial charge in [-0.2, -0.15) is 5.10 Å². The van der Waals surface area contributed by atoms with Gasteiger partial charge in [-0.05, 0) is 12.0 Å². The van der Waals surface area contributed by atoms with Crippen LogP contribution in [0.2, 0.25) is 0 Å². The zero-order valence-electron chi connectivity index (χ0n) is 11.9. The summed E-state index contributed by atoms with van der Waals surface area (Å²) >= 11 is 0. The Morgan fingerprint density at radius 3 is 2.76 bits per heavy atom. The first-order chi connectivity index (χ1) is 10.2. The Balaban J connectivity index is 1.88. The smallest absolute Gasteiger partial charge is 0.220 e. The second kappa shape index (κ2) is 5.56. The summed E-state index contributed by atoms with van der Waals surface area (Å²) in [7, 11) is 0. The third-order valence-corrected chi connectivity index (χ3v) is 4.03. The average Bonchev–Trinajstić information content (AvgIpc) is 2.99. The van der Waals surface area contributed by atoms with Crippen molar-refractivity contribution < 1.29 is 4.79 Å². The monoisotopic (exact) mass is 281 g/mol. The van der Waals surface area contributed by atoms with Gasteiger partial charge in [0, 0.05) is 13.0 Å². The van der Waals surface area contributed by atoms with E-state index in [1.807, 2.05) is 35.4 Å². The van der Waals surface area contributed by atoms with Crippen molar-refractivity contribution in [2.75, 3.05) is 6.54 Å². The Kier molecular flexibility index (Phi) is 3.60. The maximum atomic E-state index is 11.5. The number of amides is 1. The molecule has 1 unspecified atom stereocenters. The van der Waals surface area contributed by atoms with Gasteiger partial charge in [0.2, 0.25) is 5.91 Å². The van der Waals surface area contributed by atoms with Crippen LogP contribution in [0.1, 0.15) is 24.8 Å². The molecule has 108 valence electrons. The summed E-state index contributed by atoms with van der Waals surface area (Å²) in [5.41, 5.74) is 7.26. The number of hydrazone groups is 1. The second-order valence-corrected chi connectivity index (χ2v) is 5.52. The van der Waals surface area contributed by atoms with Crippen molar-refractivity contribution in [2.45, 2.75) is 24.8 Å². The summed E-state index contributed by atoms with van der Waals surface area (Å²) in [6.07, 6.45) is 10.0. The van der Waals surface area contributed by atoms with Crippen molar-refractivity contribution in [3.63, 3.8) is 0 Å². The molecule has 0 saturated heterocycles. The zero-order chi connectivity index (χ0) is 14.7. The summed E-state index contributed by atoms with van der Waals surface area (Å²) in [5, 5.41) is 6.79. The fourth-order valence-corrected chi connectivity index (χ4v) is 2.98. The van der Waals surface area contributed by atoms with E-state index in [1.54, 1.807) is 0 Å².